The normalized spacial score (nSPS) is 21.8. The van der Waals surface area contributed by atoms with E-state index in [2.05, 4.69) is 75.0 Å². The third kappa shape index (κ3) is 11.3. The van der Waals surface area contributed by atoms with E-state index in [0.717, 1.165) is 64.2 Å². The Morgan fingerprint density at radius 3 is 1.67 bits per heavy atom. The van der Waals surface area contributed by atoms with Crippen LogP contribution in [0.4, 0.5) is 23.5 Å². The lowest BCUT2D eigenvalue weighted by Crippen LogP contribution is -2.33. The standard InChI is InChI=1S/C16H27N5O2.C16H25N5O/c1-4-16(2,3)21-14-12(13(17)23)9-18-15(20-14)19-10-5-7-11(22)8-6-10;1-4-16(2,3)21-14-11(9-17)10-18-15(20-14)19-12-5-7-13(22)8-6-12/h9-11,22H,4-8H2,1-3H3,(H2,17,23)(H2,18,19,20,21);10,12-13,22H,4-8H2,1-3H3,(H2,18,19,20,21). The lowest BCUT2D eigenvalue weighted by molar-refractivity contribution is 0.1000. The maximum absolute atomic E-state index is 11.6. The molecule has 0 spiro atoms. The number of primary amides is 1. The Hall–Kier alpha value is -3.76. The summed E-state index contributed by atoms with van der Waals surface area (Å²) in [6, 6.07) is 2.65. The third-order valence-corrected chi connectivity index (χ3v) is 8.70. The minimum Gasteiger partial charge on any atom is -0.393 e. The summed E-state index contributed by atoms with van der Waals surface area (Å²) in [4.78, 5) is 28.9. The maximum atomic E-state index is 11.6. The van der Waals surface area contributed by atoms with Gasteiger partial charge in [0, 0.05) is 29.4 Å². The molecular weight excluding hydrogens is 572 g/mol. The van der Waals surface area contributed by atoms with E-state index in [0.29, 0.717) is 29.1 Å². The van der Waals surface area contributed by atoms with Crippen LogP contribution in [0.2, 0.25) is 0 Å². The number of nitrogens with one attached hydrogen (secondary N) is 4. The van der Waals surface area contributed by atoms with E-state index in [-0.39, 0.29) is 40.9 Å². The first-order valence-electron chi connectivity index (χ1n) is 16.1. The second-order valence-electron chi connectivity index (χ2n) is 13.4. The first-order chi connectivity index (χ1) is 21.2. The fourth-order valence-corrected chi connectivity index (χ4v) is 4.98. The summed E-state index contributed by atoms with van der Waals surface area (Å²) in [6.07, 6.45) is 11.2. The van der Waals surface area contributed by atoms with Gasteiger partial charge in [-0.25, -0.2) is 9.97 Å². The number of hydrogen-bond acceptors (Lipinski definition) is 12. The fourth-order valence-electron chi connectivity index (χ4n) is 4.98. The molecule has 13 heteroatoms. The van der Waals surface area contributed by atoms with Crippen molar-refractivity contribution in [2.24, 2.45) is 5.73 Å². The van der Waals surface area contributed by atoms with Gasteiger partial charge in [-0.15, -0.1) is 0 Å². The zero-order valence-corrected chi connectivity index (χ0v) is 27.7. The van der Waals surface area contributed by atoms with Gasteiger partial charge in [0.2, 0.25) is 11.9 Å². The van der Waals surface area contributed by atoms with Crippen molar-refractivity contribution in [3.63, 3.8) is 0 Å². The average Bonchev–Trinajstić information content (AvgIpc) is 2.99. The number of amides is 1. The molecule has 2 aromatic heterocycles. The monoisotopic (exact) mass is 624 g/mol. The molecule has 8 N–H and O–H groups in total. The number of nitrogens with two attached hydrogens (primary N) is 1. The molecule has 0 unspecified atom stereocenters. The van der Waals surface area contributed by atoms with Crippen LogP contribution in [0.1, 0.15) is 122 Å². The summed E-state index contributed by atoms with van der Waals surface area (Å²) < 4.78 is 0. The van der Waals surface area contributed by atoms with Gasteiger partial charge in [-0.2, -0.15) is 15.2 Å². The number of aliphatic hydroxyl groups excluding tert-OH is 2. The number of rotatable bonds is 11. The number of carbonyl (C=O) groups excluding carboxylic acids is 1. The fraction of sp³-hybridized carbons (Fsp3) is 0.688. The van der Waals surface area contributed by atoms with E-state index >= 15 is 0 Å². The molecule has 2 saturated carbocycles. The van der Waals surface area contributed by atoms with E-state index in [1.165, 1.54) is 6.20 Å². The van der Waals surface area contributed by atoms with Crippen LogP contribution in [0.15, 0.2) is 12.4 Å². The summed E-state index contributed by atoms with van der Waals surface area (Å²) in [6.45, 7) is 12.4. The van der Waals surface area contributed by atoms with Crippen molar-refractivity contribution in [3.8, 4) is 6.07 Å². The van der Waals surface area contributed by atoms with Gasteiger partial charge in [0.25, 0.3) is 5.91 Å². The molecule has 2 fully saturated rings. The van der Waals surface area contributed by atoms with Crippen LogP contribution in [-0.4, -0.2) is 71.4 Å². The van der Waals surface area contributed by atoms with Gasteiger partial charge in [0.1, 0.15) is 23.3 Å². The minimum absolute atomic E-state index is 0.133. The molecule has 45 heavy (non-hydrogen) atoms. The Kier molecular flexibility index (Phi) is 12.7. The van der Waals surface area contributed by atoms with Gasteiger partial charge in [0.05, 0.1) is 24.0 Å². The topological polar surface area (TPSA) is 207 Å². The highest BCUT2D eigenvalue weighted by Gasteiger charge is 2.24. The van der Waals surface area contributed by atoms with E-state index in [1.54, 1.807) is 6.20 Å². The predicted molar refractivity (Wildman–Crippen MR) is 177 cm³/mol. The van der Waals surface area contributed by atoms with E-state index in [1.807, 2.05) is 13.8 Å². The second-order valence-corrected chi connectivity index (χ2v) is 13.4. The summed E-state index contributed by atoms with van der Waals surface area (Å²) in [5, 5.41) is 41.5. The molecule has 2 heterocycles. The first-order valence-corrected chi connectivity index (χ1v) is 16.1. The average molecular weight is 625 g/mol. The van der Waals surface area contributed by atoms with Gasteiger partial charge in [0.15, 0.2) is 0 Å². The molecule has 2 aliphatic carbocycles. The quantitative estimate of drug-likeness (QED) is 0.184. The van der Waals surface area contributed by atoms with Gasteiger partial charge in [-0.3, -0.25) is 4.79 Å². The number of nitriles is 1. The Morgan fingerprint density at radius 1 is 0.822 bits per heavy atom. The van der Waals surface area contributed by atoms with Crippen molar-refractivity contribution in [3.05, 3.63) is 23.5 Å². The number of hydrogen-bond donors (Lipinski definition) is 7. The summed E-state index contributed by atoms with van der Waals surface area (Å²) >= 11 is 0. The van der Waals surface area contributed by atoms with Crippen LogP contribution in [0.25, 0.3) is 0 Å². The van der Waals surface area contributed by atoms with Crippen LogP contribution >= 0.6 is 0 Å². The lowest BCUT2D eigenvalue weighted by atomic mass is 9.93. The molecule has 1 amide bonds. The second kappa shape index (κ2) is 16.0. The molecule has 0 radical (unpaired) electrons. The van der Waals surface area contributed by atoms with E-state index < -0.39 is 5.91 Å². The van der Waals surface area contributed by atoms with Crippen LogP contribution in [-0.2, 0) is 0 Å². The predicted octanol–water partition coefficient (Wildman–Crippen LogP) is 4.56. The number of nitrogens with zero attached hydrogens (tertiary/aromatic N) is 5. The largest absolute Gasteiger partial charge is 0.393 e. The van der Waals surface area contributed by atoms with Crippen LogP contribution in [0, 0.1) is 11.3 Å². The molecule has 2 aliphatic rings. The van der Waals surface area contributed by atoms with Crippen LogP contribution in [0.3, 0.4) is 0 Å². The zero-order chi connectivity index (χ0) is 33.2. The number of carbonyl (C=O) groups is 1. The van der Waals surface area contributed by atoms with Crippen molar-refractivity contribution < 1.29 is 15.0 Å². The van der Waals surface area contributed by atoms with Crippen LogP contribution in [0.5, 0.6) is 0 Å². The van der Waals surface area contributed by atoms with Crippen molar-refractivity contribution >= 4 is 29.4 Å². The lowest BCUT2D eigenvalue weighted by Gasteiger charge is -2.28. The van der Waals surface area contributed by atoms with Crippen molar-refractivity contribution in [1.29, 1.82) is 5.26 Å². The number of aromatic nitrogens is 4. The Bertz CT molecular complexity index is 1300. The Balaban J connectivity index is 0.000000246. The molecule has 13 nitrogen and oxygen atoms in total. The van der Waals surface area contributed by atoms with Crippen molar-refractivity contribution in [2.75, 3.05) is 21.3 Å². The molecule has 2 aromatic rings. The molecule has 0 aromatic carbocycles. The van der Waals surface area contributed by atoms with Gasteiger partial charge in [-0.05, 0) is 91.9 Å². The van der Waals surface area contributed by atoms with Crippen molar-refractivity contribution in [1.82, 2.24) is 19.9 Å². The molecule has 0 atom stereocenters. The highest BCUT2D eigenvalue weighted by atomic mass is 16.3. The van der Waals surface area contributed by atoms with Crippen LogP contribution < -0.4 is 27.0 Å². The molecule has 248 valence electrons. The smallest absolute Gasteiger partial charge is 0.254 e. The minimum atomic E-state index is -0.549. The Labute approximate surface area is 267 Å². The summed E-state index contributed by atoms with van der Waals surface area (Å²) in [5.41, 5.74) is 5.82. The highest BCUT2D eigenvalue weighted by molar-refractivity contribution is 5.97. The van der Waals surface area contributed by atoms with Crippen molar-refractivity contribution in [2.45, 2.75) is 141 Å². The maximum Gasteiger partial charge on any atom is 0.254 e. The zero-order valence-electron chi connectivity index (χ0n) is 27.7. The SMILES string of the molecule is CCC(C)(C)Nc1nc(NC2CCC(O)CC2)ncc1C#N.CCC(C)(C)Nc1nc(NC2CCC(O)CC2)ncc1C(N)=O. The summed E-state index contributed by atoms with van der Waals surface area (Å²) in [5.74, 6) is 1.49. The third-order valence-electron chi connectivity index (χ3n) is 8.70. The molecule has 0 aliphatic heterocycles. The Morgan fingerprint density at radius 2 is 1.24 bits per heavy atom. The number of anilines is 4. The molecule has 0 saturated heterocycles. The highest BCUT2D eigenvalue weighted by Crippen LogP contribution is 2.25. The summed E-state index contributed by atoms with van der Waals surface area (Å²) in [7, 11) is 0. The van der Waals surface area contributed by atoms with Gasteiger partial charge in [-0.1, -0.05) is 13.8 Å². The number of aliphatic hydroxyl groups is 2. The first kappa shape index (κ1) is 35.7. The molecule has 0 bridgehead atoms. The molecule has 4 rings (SSSR count). The van der Waals surface area contributed by atoms with E-state index in [9.17, 15) is 20.3 Å². The molecular formula is C32H52N10O3. The van der Waals surface area contributed by atoms with Gasteiger partial charge >= 0.3 is 0 Å². The van der Waals surface area contributed by atoms with Gasteiger partial charge < -0.3 is 37.2 Å². The van der Waals surface area contributed by atoms with E-state index in [4.69, 9.17) is 5.73 Å².